The number of hydrogen-bond acceptors (Lipinski definition) is 4. The Labute approximate surface area is 95.1 Å². The van der Waals surface area contributed by atoms with Crippen molar-refractivity contribution in [2.24, 2.45) is 9.98 Å². The van der Waals surface area contributed by atoms with Crippen molar-refractivity contribution in [1.29, 1.82) is 0 Å². The molecule has 5 nitrogen and oxygen atoms in total. The molecule has 0 atom stereocenters. The summed E-state index contributed by atoms with van der Waals surface area (Å²) in [5.74, 6) is -0.134. The molecule has 5 heteroatoms. The standard InChI is InChI=1S/C12H6N3O2/c16-9-3-14-12-10(9)8-5-15(17)4-7(8)6-1-2-13-11(6)12/h1-4H,5H2/q+1. The molecule has 0 radical (unpaired) electrons. The van der Waals surface area contributed by atoms with Gasteiger partial charge in [-0.25, -0.2) is 4.99 Å². The number of fused-ring (bicyclic) bond motifs is 6. The summed E-state index contributed by atoms with van der Waals surface area (Å²) < 4.78 is 0.836. The fourth-order valence-electron chi connectivity index (χ4n) is 2.54. The minimum atomic E-state index is -0.134. The van der Waals surface area contributed by atoms with Crippen LogP contribution < -0.4 is 10.4 Å². The lowest BCUT2D eigenvalue weighted by Gasteiger charge is -2.02. The van der Waals surface area contributed by atoms with Crippen LogP contribution in [0.3, 0.4) is 0 Å². The molecule has 4 rings (SSSR count). The van der Waals surface area contributed by atoms with E-state index in [0.717, 1.165) is 20.8 Å². The number of nitrogens with zero attached hydrogens (tertiary/aromatic N) is 3. The number of Topliss-reactive ketones (excluding diaryl/α,β-unsaturated/α-hetero) is 1. The van der Waals surface area contributed by atoms with Gasteiger partial charge in [0.15, 0.2) is 0 Å². The second-order valence-electron chi connectivity index (χ2n) is 4.15. The molecular formula is C12H6N3O2+. The molecule has 0 bridgehead atoms. The zero-order valence-electron chi connectivity index (χ0n) is 8.67. The van der Waals surface area contributed by atoms with Gasteiger partial charge in [-0.2, -0.15) is 0 Å². The maximum atomic E-state index is 11.8. The first-order chi connectivity index (χ1) is 8.25. The molecular weight excluding hydrogens is 218 g/mol. The molecule has 0 aromatic heterocycles. The third-order valence-corrected chi connectivity index (χ3v) is 3.22. The Morgan fingerprint density at radius 2 is 2.06 bits per heavy atom. The van der Waals surface area contributed by atoms with Gasteiger partial charge in [0.05, 0.1) is 22.7 Å². The van der Waals surface area contributed by atoms with E-state index < -0.39 is 0 Å². The van der Waals surface area contributed by atoms with Gasteiger partial charge in [0, 0.05) is 26.7 Å². The Morgan fingerprint density at radius 3 is 2.94 bits per heavy atom. The molecule has 3 aliphatic heterocycles. The van der Waals surface area contributed by atoms with Crippen LogP contribution in [0.4, 0.5) is 11.4 Å². The molecule has 1 aromatic rings. The highest BCUT2D eigenvalue weighted by atomic mass is 16.3. The lowest BCUT2D eigenvalue weighted by molar-refractivity contribution is -0.455. The van der Waals surface area contributed by atoms with Crippen molar-refractivity contribution in [3.63, 3.8) is 0 Å². The van der Waals surface area contributed by atoms with Gasteiger partial charge in [-0.1, -0.05) is 0 Å². The van der Waals surface area contributed by atoms with Gasteiger partial charge in [0.25, 0.3) is 0 Å². The third-order valence-electron chi connectivity index (χ3n) is 3.22. The zero-order valence-corrected chi connectivity index (χ0v) is 8.67. The smallest absolute Gasteiger partial charge is 0.229 e. The second-order valence-corrected chi connectivity index (χ2v) is 4.15. The molecule has 0 N–H and O–H groups in total. The minimum absolute atomic E-state index is 0.134. The van der Waals surface area contributed by atoms with Crippen molar-refractivity contribution in [2.75, 3.05) is 0 Å². The zero-order chi connectivity index (χ0) is 11.6. The molecule has 0 saturated carbocycles. The normalized spacial score (nSPS) is 17.9. The topological polar surface area (TPSA) is 61.9 Å². The molecule has 3 heterocycles. The second kappa shape index (κ2) is 2.63. The first kappa shape index (κ1) is 8.69. The first-order valence-corrected chi connectivity index (χ1v) is 5.23. The van der Waals surface area contributed by atoms with Crippen LogP contribution in [-0.4, -0.2) is 23.0 Å². The summed E-state index contributed by atoms with van der Waals surface area (Å²) in [6, 6.07) is 0. The number of rotatable bonds is 0. The average Bonchev–Trinajstić information content (AvgIpc) is 2.94. The molecule has 17 heavy (non-hydrogen) atoms. The van der Waals surface area contributed by atoms with Crippen LogP contribution in [0.1, 0.15) is 15.9 Å². The number of carbonyl (C=O) groups is 1. The van der Waals surface area contributed by atoms with E-state index in [-0.39, 0.29) is 12.3 Å². The third kappa shape index (κ3) is 0.914. The van der Waals surface area contributed by atoms with Gasteiger partial charge in [0.2, 0.25) is 18.5 Å². The maximum Gasteiger partial charge on any atom is 0.229 e. The monoisotopic (exact) mass is 224 g/mol. The van der Waals surface area contributed by atoms with Crippen molar-refractivity contribution in [1.82, 2.24) is 0 Å². The van der Waals surface area contributed by atoms with Crippen molar-refractivity contribution < 1.29 is 9.55 Å². The van der Waals surface area contributed by atoms with Crippen LogP contribution >= 0.6 is 0 Å². The van der Waals surface area contributed by atoms with Crippen molar-refractivity contribution in [3.8, 4) is 0 Å². The average molecular weight is 224 g/mol. The van der Waals surface area contributed by atoms with Gasteiger partial charge in [-0.05, 0) is 6.08 Å². The summed E-state index contributed by atoms with van der Waals surface area (Å²) in [4.78, 5) is 31.6. The van der Waals surface area contributed by atoms with Gasteiger partial charge in [-0.3, -0.25) is 9.79 Å². The minimum Gasteiger partial charge on any atom is -0.287 e. The van der Waals surface area contributed by atoms with Crippen molar-refractivity contribution in [2.45, 2.75) is 6.54 Å². The molecule has 1 aromatic carbocycles. The van der Waals surface area contributed by atoms with E-state index >= 15 is 0 Å². The largest absolute Gasteiger partial charge is 0.287 e. The molecule has 0 fully saturated rings. The highest BCUT2D eigenvalue weighted by Gasteiger charge is 2.32. The quantitative estimate of drug-likeness (QED) is 0.587. The SMILES string of the molecule is O=C1C=Nc2c1c1c(c3c2N=CC=3)=C[N+](=O)C1. The Kier molecular flexibility index (Phi) is 1.34. The molecule has 80 valence electrons. The van der Waals surface area contributed by atoms with Gasteiger partial charge < -0.3 is 0 Å². The van der Waals surface area contributed by atoms with E-state index in [1.165, 1.54) is 12.4 Å². The van der Waals surface area contributed by atoms with E-state index in [4.69, 9.17) is 0 Å². The van der Waals surface area contributed by atoms with Crippen molar-refractivity contribution >= 4 is 41.9 Å². The van der Waals surface area contributed by atoms with Gasteiger partial charge in [-0.15, -0.1) is 0 Å². The number of ketones is 1. The van der Waals surface area contributed by atoms with Crippen LogP contribution in [0.2, 0.25) is 0 Å². The van der Waals surface area contributed by atoms with Crippen LogP contribution in [0, 0.1) is 4.91 Å². The molecule has 0 saturated heterocycles. The van der Waals surface area contributed by atoms with E-state index in [0.29, 0.717) is 16.9 Å². The number of hydrogen-bond donors (Lipinski definition) is 0. The Morgan fingerprint density at radius 1 is 1.18 bits per heavy atom. The lowest BCUT2D eigenvalue weighted by atomic mass is 10.00. The van der Waals surface area contributed by atoms with E-state index in [1.54, 1.807) is 6.21 Å². The van der Waals surface area contributed by atoms with Gasteiger partial charge >= 0.3 is 0 Å². The highest BCUT2D eigenvalue weighted by Crippen LogP contribution is 2.34. The number of carbonyl (C=O) groups excluding carboxylic acids is 1. The first-order valence-electron chi connectivity index (χ1n) is 5.23. The summed E-state index contributed by atoms with van der Waals surface area (Å²) in [6.45, 7) is 0.216. The van der Waals surface area contributed by atoms with E-state index in [2.05, 4.69) is 9.98 Å². The molecule has 0 unspecified atom stereocenters. The van der Waals surface area contributed by atoms with Crippen LogP contribution in [0.25, 0.3) is 12.3 Å². The molecule has 0 spiro atoms. The maximum absolute atomic E-state index is 11.8. The van der Waals surface area contributed by atoms with Crippen LogP contribution in [-0.2, 0) is 6.54 Å². The lowest BCUT2D eigenvalue weighted by Crippen LogP contribution is -2.27. The van der Waals surface area contributed by atoms with Gasteiger partial charge in [0.1, 0.15) is 5.69 Å². The predicted molar refractivity (Wildman–Crippen MR) is 62.6 cm³/mol. The summed E-state index contributed by atoms with van der Waals surface area (Å²) in [5, 5.41) is 1.70. The number of nitroso groups, excluding NO2 is 1. The fraction of sp³-hybridized carbons (Fsp3) is 0.0833. The summed E-state index contributed by atoms with van der Waals surface area (Å²) in [6.07, 6.45) is 6.34. The summed E-state index contributed by atoms with van der Waals surface area (Å²) in [5.41, 5.74) is 2.63. The number of aliphatic imine (C=N–C) groups is 2. The highest BCUT2D eigenvalue weighted by molar-refractivity contribution is 6.41. The molecule has 3 aliphatic rings. The van der Waals surface area contributed by atoms with E-state index in [1.807, 2.05) is 6.08 Å². The van der Waals surface area contributed by atoms with E-state index in [9.17, 15) is 9.70 Å². The Balaban J connectivity index is 2.29. The van der Waals surface area contributed by atoms with Crippen molar-refractivity contribution in [3.05, 3.63) is 26.5 Å². The summed E-state index contributed by atoms with van der Waals surface area (Å²) in [7, 11) is 0. The fourth-order valence-corrected chi connectivity index (χ4v) is 2.54. The Hall–Kier alpha value is -2.43. The summed E-state index contributed by atoms with van der Waals surface area (Å²) >= 11 is 0. The van der Waals surface area contributed by atoms with Crippen LogP contribution in [0.5, 0.6) is 0 Å². The Bertz CT molecular complexity index is 800. The number of benzene rings is 1. The predicted octanol–water partition coefficient (Wildman–Crippen LogP) is 0.112. The molecule has 0 amide bonds. The van der Waals surface area contributed by atoms with Crippen LogP contribution in [0.15, 0.2) is 9.98 Å². The molecule has 0 aliphatic carbocycles.